The maximum atomic E-state index is 12.1. The Morgan fingerprint density at radius 2 is 1.91 bits per heavy atom. The van der Waals surface area contributed by atoms with Crippen molar-refractivity contribution in [3.63, 3.8) is 0 Å². The molecular formula is C18H22N2O3. The molecule has 0 spiro atoms. The summed E-state index contributed by atoms with van der Waals surface area (Å²) in [4.78, 5) is 23.2. The lowest BCUT2D eigenvalue weighted by molar-refractivity contribution is -0.682. The zero-order valence-corrected chi connectivity index (χ0v) is 13.2. The molecule has 0 unspecified atom stereocenters. The first-order valence-corrected chi connectivity index (χ1v) is 7.93. The number of carbonyl (C=O) groups excluding carboxylic acids is 2. The molecule has 0 bridgehead atoms. The lowest BCUT2D eigenvalue weighted by atomic mass is 10.1. The molecule has 0 heterocycles. The lowest BCUT2D eigenvalue weighted by Gasteiger charge is -2.16. The minimum absolute atomic E-state index is 0.0983. The largest absolute Gasteiger partial charge is 0.544 e. The number of nitrogens with two attached hydrogens (primary N) is 1. The van der Waals surface area contributed by atoms with Crippen LogP contribution in [0.5, 0.6) is 0 Å². The third-order valence-electron chi connectivity index (χ3n) is 3.75. The summed E-state index contributed by atoms with van der Waals surface area (Å²) in [6.45, 7) is 2.71. The number of carboxylic acids is 1. The molecule has 0 radical (unpaired) electrons. The molecule has 122 valence electrons. The zero-order chi connectivity index (χ0) is 16.7. The number of anilines is 1. The van der Waals surface area contributed by atoms with Gasteiger partial charge in [-0.15, -0.1) is 0 Å². The average Bonchev–Trinajstić information content (AvgIpc) is 2.54. The second kappa shape index (κ2) is 8.29. The van der Waals surface area contributed by atoms with Crippen LogP contribution >= 0.6 is 0 Å². The van der Waals surface area contributed by atoms with Crippen molar-refractivity contribution in [3.8, 4) is 0 Å². The molecule has 2 aromatic carbocycles. The van der Waals surface area contributed by atoms with E-state index in [1.807, 2.05) is 49.4 Å². The number of carboxylic acid groups (broad SMARTS) is 1. The first kappa shape index (κ1) is 17.0. The number of hydrogen-bond acceptors (Lipinski definition) is 3. The first-order chi connectivity index (χ1) is 11.1. The van der Waals surface area contributed by atoms with E-state index in [2.05, 4.69) is 5.32 Å². The van der Waals surface area contributed by atoms with Crippen molar-refractivity contribution in [1.29, 1.82) is 0 Å². The van der Waals surface area contributed by atoms with E-state index in [4.69, 9.17) is 0 Å². The van der Waals surface area contributed by atoms with E-state index in [-0.39, 0.29) is 12.3 Å². The molecule has 3 N–H and O–H groups in total. The molecule has 1 amide bonds. The van der Waals surface area contributed by atoms with E-state index in [9.17, 15) is 14.7 Å². The van der Waals surface area contributed by atoms with Gasteiger partial charge in [0.1, 0.15) is 6.04 Å². The number of nitrogens with one attached hydrogen (secondary N) is 1. The van der Waals surface area contributed by atoms with Crippen LogP contribution in [0.2, 0.25) is 0 Å². The Kier molecular flexibility index (Phi) is 6.11. The Morgan fingerprint density at radius 1 is 1.17 bits per heavy atom. The zero-order valence-electron chi connectivity index (χ0n) is 13.2. The molecule has 0 aliphatic heterocycles. The van der Waals surface area contributed by atoms with Crippen LogP contribution in [-0.4, -0.2) is 24.5 Å². The van der Waals surface area contributed by atoms with Crippen molar-refractivity contribution in [1.82, 2.24) is 0 Å². The highest BCUT2D eigenvalue weighted by Crippen LogP contribution is 2.18. The van der Waals surface area contributed by atoms with E-state index in [0.717, 1.165) is 23.6 Å². The van der Waals surface area contributed by atoms with Crippen LogP contribution in [0.3, 0.4) is 0 Å². The Balaban J connectivity index is 1.97. The van der Waals surface area contributed by atoms with Gasteiger partial charge in [0.05, 0.1) is 18.9 Å². The maximum absolute atomic E-state index is 12.1. The monoisotopic (exact) mass is 314 g/mol. The number of fused-ring (bicyclic) bond motifs is 1. The van der Waals surface area contributed by atoms with Crippen molar-refractivity contribution in [2.75, 3.05) is 11.9 Å². The van der Waals surface area contributed by atoms with Crippen molar-refractivity contribution < 1.29 is 20.0 Å². The first-order valence-electron chi connectivity index (χ1n) is 7.93. The van der Waals surface area contributed by atoms with Gasteiger partial charge in [0.25, 0.3) is 0 Å². The molecule has 0 aliphatic rings. The number of hydrogen-bond donors (Lipinski definition) is 2. The van der Waals surface area contributed by atoms with E-state index in [1.165, 1.54) is 0 Å². The van der Waals surface area contributed by atoms with Gasteiger partial charge in [-0.25, -0.2) is 0 Å². The molecule has 0 aliphatic carbocycles. The molecule has 5 nitrogen and oxygen atoms in total. The summed E-state index contributed by atoms with van der Waals surface area (Å²) in [5.41, 5.74) is 0.666. The normalized spacial score (nSPS) is 12.0. The highest BCUT2D eigenvalue weighted by atomic mass is 16.4. The number of aliphatic carboxylic acids is 1. The minimum Gasteiger partial charge on any atom is -0.544 e. The van der Waals surface area contributed by atoms with Gasteiger partial charge in [-0.05, 0) is 29.3 Å². The molecule has 0 saturated heterocycles. The smallest absolute Gasteiger partial charge is 0.230 e. The fraction of sp³-hybridized carbons (Fsp3) is 0.333. The predicted molar refractivity (Wildman–Crippen MR) is 87.7 cm³/mol. The number of benzene rings is 2. The third kappa shape index (κ3) is 5.07. The van der Waals surface area contributed by atoms with Crippen LogP contribution in [0.25, 0.3) is 10.8 Å². The number of quaternary nitrogens is 1. The van der Waals surface area contributed by atoms with Gasteiger partial charge in [0.2, 0.25) is 5.91 Å². The Labute approximate surface area is 135 Å². The molecule has 5 heteroatoms. The fourth-order valence-electron chi connectivity index (χ4n) is 2.46. The van der Waals surface area contributed by atoms with Gasteiger partial charge in [-0.2, -0.15) is 0 Å². The van der Waals surface area contributed by atoms with Crippen LogP contribution in [0.4, 0.5) is 5.69 Å². The highest BCUT2D eigenvalue weighted by Gasteiger charge is 2.18. The van der Waals surface area contributed by atoms with Crippen LogP contribution < -0.4 is 15.7 Å². The average molecular weight is 314 g/mol. The van der Waals surface area contributed by atoms with Crippen molar-refractivity contribution in [2.24, 2.45) is 0 Å². The van der Waals surface area contributed by atoms with Crippen LogP contribution in [0.1, 0.15) is 26.2 Å². The molecule has 0 aromatic heterocycles. The molecule has 2 aromatic rings. The van der Waals surface area contributed by atoms with E-state index >= 15 is 0 Å². The Morgan fingerprint density at radius 3 is 2.61 bits per heavy atom. The summed E-state index contributed by atoms with van der Waals surface area (Å²) >= 11 is 0. The van der Waals surface area contributed by atoms with Crippen molar-refractivity contribution in [3.05, 3.63) is 42.5 Å². The quantitative estimate of drug-likeness (QED) is 0.702. The third-order valence-corrected chi connectivity index (χ3v) is 3.75. The number of rotatable bonds is 8. The fourth-order valence-corrected chi connectivity index (χ4v) is 2.46. The van der Waals surface area contributed by atoms with Gasteiger partial charge in [0.15, 0.2) is 0 Å². The van der Waals surface area contributed by atoms with E-state index in [1.54, 1.807) is 5.32 Å². The summed E-state index contributed by atoms with van der Waals surface area (Å²) in [6, 6.07) is 12.6. The highest BCUT2D eigenvalue weighted by molar-refractivity contribution is 5.96. The number of carbonyl (C=O) groups is 2. The van der Waals surface area contributed by atoms with Crippen LogP contribution in [0.15, 0.2) is 42.5 Å². The van der Waals surface area contributed by atoms with Crippen molar-refractivity contribution >= 4 is 28.3 Å². The molecule has 0 fully saturated rings. The van der Waals surface area contributed by atoms with Crippen LogP contribution in [-0.2, 0) is 9.59 Å². The number of amides is 1. The van der Waals surface area contributed by atoms with Gasteiger partial charge in [-0.1, -0.05) is 43.7 Å². The molecule has 23 heavy (non-hydrogen) atoms. The SMILES string of the molecule is CCCC[NH2+][C@@H](CC(=O)Nc1ccc2ccccc2c1)C(=O)[O-]. The maximum Gasteiger partial charge on any atom is 0.230 e. The molecule has 2 rings (SSSR count). The number of unbranched alkanes of at least 4 members (excludes halogenated alkanes) is 1. The summed E-state index contributed by atoms with van der Waals surface area (Å²) in [6.07, 6.45) is 1.80. The van der Waals surface area contributed by atoms with E-state index in [0.29, 0.717) is 12.2 Å². The van der Waals surface area contributed by atoms with Gasteiger partial charge >= 0.3 is 0 Å². The van der Waals surface area contributed by atoms with Crippen LogP contribution in [0, 0.1) is 0 Å². The minimum atomic E-state index is -1.20. The lowest BCUT2D eigenvalue weighted by Crippen LogP contribution is -2.93. The molecule has 0 saturated carbocycles. The van der Waals surface area contributed by atoms with Gasteiger partial charge < -0.3 is 20.5 Å². The van der Waals surface area contributed by atoms with Crippen molar-refractivity contribution in [2.45, 2.75) is 32.2 Å². The summed E-state index contributed by atoms with van der Waals surface area (Å²) in [7, 11) is 0. The second-order valence-electron chi connectivity index (χ2n) is 5.62. The Bertz CT molecular complexity index is 685. The summed E-state index contributed by atoms with van der Waals surface area (Å²) < 4.78 is 0. The summed E-state index contributed by atoms with van der Waals surface area (Å²) in [5.74, 6) is -1.52. The predicted octanol–water partition coefficient (Wildman–Crippen LogP) is 0.650. The topological polar surface area (TPSA) is 85.8 Å². The standard InChI is InChI=1S/C18H22N2O3/c1-2-3-10-19-16(18(22)23)12-17(21)20-15-9-8-13-6-4-5-7-14(13)11-15/h4-9,11,16,19H,2-3,10,12H2,1H3,(H,20,21)(H,22,23)/t16-/m0/s1. The summed E-state index contributed by atoms with van der Waals surface area (Å²) in [5, 5.41) is 17.7. The Hall–Kier alpha value is -2.40. The second-order valence-corrected chi connectivity index (χ2v) is 5.62. The van der Waals surface area contributed by atoms with E-state index < -0.39 is 12.0 Å². The molecule has 1 atom stereocenters. The van der Waals surface area contributed by atoms with Gasteiger partial charge in [-0.3, -0.25) is 4.79 Å². The van der Waals surface area contributed by atoms with Gasteiger partial charge in [0, 0.05) is 5.69 Å². The molecular weight excluding hydrogens is 292 g/mol.